The first-order valence-corrected chi connectivity index (χ1v) is 8.46. The van der Waals surface area contributed by atoms with E-state index in [1.807, 2.05) is 0 Å². The Morgan fingerprint density at radius 3 is 2.67 bits per heavy atom. The highest BCUT2D eigenvalue weighted by atomic mass is 32.2. The molecule has 21 heavy (non-hydrogen) atoms. The molecule has 0 spiro atoms. The molecular formula is C14H22FNO4S. The highest BCUT2D eigenvalue weighted by Crippen LogP contribution is 2.17. The molecular weight excluding hydrogens is 297 g/mol. The van der Waals surface area contributed by atoms with Gasteiger partial charge in [0.2, 0.25) is 10.0 Å². The molecule has 2 N–H and O–H groups in total. The van der Waals surface area contributed by atoms with Crippen LogP contribution >= 0.6 is 0 Å². The summed E-state index contributed by atoms with van der Waals surface area (Å²) in [5, 5.41) is 9.13. The quantitative estimate of drug-likeness (QED) is 0.645. The Bertz CT molecular complexity index is 534. The van der Waals surface area contributed by atoms with Gasteiger partial charge in [-0.15, -0.1) is 0 Å². The molecule has 1 aromatic carbocycles. The fraction of sp³-hybridized carbons (Fsp3) is 0.571. The van der Waals surface area contributed by atoms with Crippen molar-refractivity contribution in [1.82, 2.24) is 4.72 Å². The number of sulfonamides is 1. The van der Waals surface area contributed by atoms with Crippen LogP contribution in [0.1, 0.15) is 31.7 Å². The number of unbranched alkanes of at least 4 members (excludes halogenated alkanes) is 1. The highest BCUT2D eigenvalue weighted by Gasteiger charge is 2.18. The predicted molar refractivity (Wildman–Crippen MR) is 77.9 cm³/mol. The first-order valence-electron chi connectivity index (χ1n) is 6.98. The van der Waals surface area contributed by atoms with E-state index < -0.39 is 22.4 Å². The summed E-state index contributed by atoms with van der Waals surface area (Å²) in [6, 6.07) is 3.29. The smallest absolute Gasteiger partial charge is 0.241 e. The molecule has 1 aromatic rings. The van der Waals surface area contributed by atoms with Gasteiger partial charge in [0.25, 0.3) is 0 Å². The Morgan fingerprint density at radius 2 is 2.00 bits per heavy atom. The zero-order chi connectivity index (χ0) is 15.7. The molecule has 5 nitrogen and oxygen atoms in total. The van der Waals surface area contributed by atoms with Crippen LogP contribution in [0.15, 0.2) is 23.1 Å². The number of halogens is 1. The van der Waals surface area contributed by atoms with E-state index in [1.165, 1.54) is 6.07 Å². The third-order valence-corrected chi connectivity index (χ3v) is 4.43. The molecule has 0 unspecified atom stereocenters. The van der Waals surface area contributed by atoms with Crippen molar-refractivity contribution in [3.05, 3.63) is 29.6 Å². The van der Waals surface area contributed by atoms with Gasteiger partial charge in [-0.3, -0.25) is 0 Å². The normalized spacial score (nSPS) is 11.8. The van der Waals surface area contributed by atoms with Crippen molar-refractivity contribution in [2.24, 2.45) is 0 Å². The van der Waals surface area contributed by atoms with Gasteiger partial charge < -0.3 is 9.84 Å². The van der Waals surface area contributed by atoms with Crippen molar-refractivity contribution < 1.29 is 22.7 Å². The molecule has 0 heterocycles. The average Bonchev–Trinajstić information content (AvgIpc) is 2.46. The monoisotopic (exact) mass is 319 g/mol. The van der Waals surface area contributed by atoms with Gasteiger partial charge in [-0.1, -0.05) is 19.4 Å². The minimum Gasteiger partial charge on any atom is -0.392 e. The topological polar surface area (TPSA) is 75.6 Å². The van der Waals surface area contributed by atoms with Crippen molar-refractivity contribution in [2.45, 2.75) is 37.7 Å². The molecule has 0 aromatic heterocycles. The molecule has 7 heteroatoms. The molecule has 0 fully saturated rings. The van der Waals surface area contributed by atoms with Crippen LogP contribution in [0.25, 0.3) is 0 Å². The molecule has 0 aliphatic carbocycles. The van der Waals surface area contributed by atoms with Crippen LogP contribution in [0.3, 0.4) is 0 Å². The Morgan fingerprint density at radius 1 is 1.29 bits per heavy atom. The molecule has 0 aliphatic heterocycles. The van der Waals surface area contributed by atoms with Gasteiger partial charge in [0, 0.05) is 19.8 Å². The second kappa shape index (κ2) is 9.09. The Balaban J connectivity index is 2.52. The van der Waals surface area contributed by atoms with Gasteiger partial charge in [-0.25, -0.2) is 17.5 Å². The van der Waals surface area contributed by atoms with Crippen molar-refractivity contribution in [2.75, 3.05) is 19.8 Å². The van der Waals surface area contributed by atoms with Gasteiger partial charge in [0.1, 0.15) is 5.82 Å². The fourth-order valence-electron chi connectivity index (χ4n) is 1.72. The average molecular weight is 319 g/mol. The maximum Gasteiger partial charge on any atom is 0.241 e. The second-order valence-electron chi connectivity index (χ2n) is 4.63. The van der Waals surface area contributed by atoms with Crippen LogP contribution in [0.2, 0.25) is 0 Å². The predicted octanol–water partition coefficient (Wildman–Crippen LogP) is 1.80. The lowest BCUT2D eigenvalue weighted by molar-refractivity contribution is 0.130. The van der Waals surface area contributed by atoms with E-state index >= 15 is 0 Å². The molecule has 0 aliphatic rings. The first-order chi connectivity index (χ1) is 10.0. The van der Waals surface area contributed by atoms with Crippen molar-refractivity contribution in [3.8, 4) is 0 Å². The summed E-state index contributed by atoms with van der Waals surface area (Å²) in [5.74, 6) is -0.657. The molecule has 0 bridgehead atoms. The van der Waals surface area contributed by atoms with E-state index in [4.69, 9.17) is 9.84 Å². The van der Waals surface area contributed by atoms with Gasteiger partial charge in [-0.2, -0.15) is 0 Å². The van der Waals surface area contributed by atoms with Gasteiger partial charge >= 0.3 is 0 Å². The summed E-state index contributed by atoms with van der Waals surface area (Å²) in [7, 11) is -3.83. The van der Waals surface area contributed by atoms with E-state index in [9.17, 15) is 12.8 Å². The lowest BCUT2D eigenvalue weighted by Gasteiger charge is -2.10. The van der Waals surface area contributed by atoms with Crippen molar-refractivity contribution in [1.29, 1.82) is 0 Å². The molecule has 0 amide bonds. The summed E-state index contributed by atoms with van der Waals surface area (Å²) in [6.45, 7) is 2.95. The second-order valence-corrected chi connectivity index (χ2v) is 6.36. The largest absolute Gasteiger partial charge is 0.392 e. The molecule has 120 valence electrons. The number of ether oxygens (including phenoxy) is 1. The summed E-state index contributed by atoms with van der Waals surface area (Å²) in [5.41, 5.74) is 0.170. The molecule has 1 rings (SSSR count). The van der Waals surface area contributed by atoms with Crippen molar-refractivity contribution in [3.63, 3.8) is 0 Å². The summed E-state index contributed by atoms with van der Waals surface area (Å²) in [6.07, 6.45) is 2.57. The molecule has 0 radical (unpaired) electrons. The van der Waals surface area contributed by atoms with E-state index in [2.05, 4.69) is 11.6 Å². The first kappa shape index (κ1) is 18.0. The van der Waals surface area contributed by atoms with Crippen LogP contribution in [0.5, 0.6) is 0 Å². The maximum absolute atomic E-state index is 13.2. The minimum atomic E-state index is -3.83. The Labute approximate surface area is 125 Å². The van der Waals surface area contributed by atoms with Crippen LogP contribution < -0.4 is 4.72 Å². The zero-order valence-electron chi connectivity index (χ0n) is 12.1. The van der Waals surface area contributed by atoms with Crippen LogP contribution in [-0.4, -0.2) is 33.3 Å². The summed E-state index contributed by atoms with van der Waals surface area (Å²) >= 11 is 0. The lowest BCUT2D eigenvalue weighted by Crippen LogP contribution is -2.26. The number of aliphatic hydroxyl groups excluding tert-OH is 1. The number of aliphatic hydroxyl groups is 1. The van der Waals surface area contributed by atoms with Crippen molar-refractivity contribution >= 4 is 10.0 Å². The number of rotatable bonds is 10. The van der Waals surface area contributed by atoms with Crippen LogP contribution in [0.4, 0.5) is 4.39 Å². The standard InChI is InChI=1S/C14H22FNO4S/c1-2-3-8-20-9-4-7-16-21(18,19)14-10-13(15)6-5-12(14)11-17/h5-6,10,16-17H,2-4,7-9,11H2,1H3. The number of hydrogen-bond donors (Lipinski definition) is 2. The number of hydrogen-bond acceptors (Lipinski definition) is 4. The van der Waals surface area contributed by atoms with Gasteiger partial charge in [-0.05, 0) is 30.5 Å². The minimum absolute atomic E-state index is 0.170. The number of nitrogens with one attached hydrogen (secondary N) is 1. The summed E-state index contributed by atoms with van der Waals surface area (Å²) in [4.78, 5) is -0.225. The SMILES string of the molecule is CCCCOCCCNS(=O)(=O)c1cc(F)ccc1CO. The third kappa shape index (κ3) is 6.09. The van der Waals surface area contributed by atoms with E-state index in [0.717, 1.165) is 25.0 Å². The highest BCUT2D eigenvalue weighted by molar-refractivity contribution is 7.89. The van der Waals surface area contributed by atoms with Crippen LogP contribution in [-0.2, 0) is 21.4 Å². The summed E-state index contributed by atoms with van der Waals surface area (Å²) < 4.78 is 45.0. The Kier molecular flexibility index (Phi) is 7.81. The Hall–Kier alpha value is -1.02. The van der Waals surface area contributed by atoms with E-state index in [0.29, 0.717) is 19.6 Å². The lowest BCUT2D eigenvalue weighted by atomic mass is 10.2. The fourth-order valence-corrected chi connectivity index (χ4v) is 3.03. The van der Waals surface area contributed by atoms with E-state index in [1.54, 1.807) is 0 Å². The molecule has 0 atom stereocenters. The number of benzene rings is 1. The zero-order valence-corrected chi connectivity index (χ0v) is 13.0. The van der Waals surface area contributed by atoms with E-state index in [-0.39, 0.29) is 17.0 Å². The van der Waals surface area contributed by atoms with Crippen LogP contribution in [0, 0.1) is 5.82 Å². The third-order valence-electron chi connectivity index (χ3n) is 2.89. The van der Waals surface area contributed by atoms with Gasteiger partial charge in [0.15, 0.2) is 0 Å². The molecule has 0 saturated carbocycles. The molecule has 0 saturated heterocycles. The maximum atomic E-state index is 13.2. The van der Waals surface area contributed by atoms with Gasteiger partial charge in [0.05, 0.1) is 11.5 Å².